The first kappa shape index (κ1) is 10.2. The maximum Gasteiger partial charge on any atom is 0.246 e. The van der Waals surface area contributed by atoms with Crippen LogP contribution < -0.4 is 0 Å². The van der Waals surface area contributed by atoms with Crippen LogP contribution in [0.1, 0.15) is 6.92 Å². The van der Waals surface area contributed by atoms with Crippen LogP contribution in [0, 0.1) is 0 Å². The summed E-state index contributed by atoms with van der Waals surface area (Å²) in [7, 11) is -2.96. The highest BCUT2D eigenvalue weighted by Gasteiger charge is 2.37. The van der Waals surface area contributed by atoms with E-state index in [0.717, 1.165) is 0 Å². The predicted molar refractivity (Wildman–Crippen MR) is 50.0 cm³/mol. The van der Waals surface area contributed by atoms with Gasteiger partial charge in [0.1, 0.15) is 0 Å². The highest BCUT2D eigenvalue weighted by Crippen LogP contribution is 2.16. The van der Waals surface area contributed by atoms with E-state index in [1.54, 1.807) is 6.92 Å². The van der Waals surface area contributed by atoms with Gasteiger partial charge >= 0.3 is 0 Å². The summed E-state index contributed by atoms with van der Waals surface area (Å²) in [5, 5.41) is -0.360. The van der Waals surface area contributed by atoms with Crippen molar-refractivity contribution in [3.8, 4) is 0 Å². The molecule has 74 valence electrons. The van der Waals surface area contributed by atoms with Gasteiger partial charge in [-0.1, -0.05) is 13.5 Å². The second-order valence-corrected chi connectivity index (χ2v) is 5.59. The van der Waals surface area contributed by atoms with E-state index < -0.39 is 9.84 Å². The molecule has 13 heavy (non-hydrogen) atoms. The maximum absolute atomic E-state index is 11.3. The minimum atomic E-state index is -2.96. The zero-order valence-corrected chi connectivity index (χ0v) is 8.38. The average molecular weight is 203 g/mol. The van der Waals surface area contributed by atoms with Crippen molar-refractivity contribution in [2.45, 2.75) is 12.2 Å². The minimum Gasteiger partial charge on any atom is -0.336 e. The topological polar surface area (TPSA) is 54.5 Å². The number of rotatable bonds is 3. The van der Waals surface area contributed by atoms with Crippen molar-refractivity contribution in [3.05, 3.63) is 12.7 Å². The summed E-state index contributed by atoms with van der Waals surface area (Å²) in [5.41, 5.74) is 0. The number of carbonyl (C=O) groups is 1. The zero-order valence-electron chi connectivity index (χ0n) is 7.56. The molecule has 1 aliphatic rings. The normalized spacial score (nSPS) is 18.1. The van der Waals surface area contributed by atoms with E-state index >= 15 is 0 Å². The van der Waals surface area contributed by atoms with Gasteiger partial charge in [-0.3, -0.25) is 4.79 Å². The molecule has 4 nitrogen and oxygen atoms in total. The Morgan fingerprint density at radius 1 is 1.62 bits per heavy atom. The lowest BCUT2D eigenvalue weighted by molar-refractivity contribution is -0.128. The Morgan fingerprint density at radius 2 is 2.15 bits per heavy atom. The van der Waals surface area contributed by atoms with Crippen LogP contribution in [0.4, 0.5) is 0 Å². The zero-order chi connectivity index (χ0) is 10.1. The van der Waals surface area contributed by atoms with Gasteiger partial charge in [-0.25, -0.2) is 8.42 Å². The van der Waals surface area contributed by atoms with Crippen LogP contribution in [0.3, 0.4) is 0 Å². The van der Waals surface area contributed by atoms with E-state index in [9.17, 15) is 13.2 Å². The molecule has 0 aromatic rings. The Kier molecular flexibility index (Phi) is 2.75. The highest BCUT2D eigenvalue weighted by molar-refractivity contribution is 7.92. The summed E-state index contributed by atoms with van der Waals surface area (Å²) >= 11 is 0. The van der Waals surface area contributed by atoms with Crippen LogP contribution in [-0.2, 0) is 14.6 Å². The minimum absolute atomic E-state index is 0.147. The maximum atomic E-state index is 11.3. The molecule has 0 bridgehead atoms. The van der Waals surface area contributed by atoms with Crippen LogP contribution in [0.25, 0.3) is 0 Å². The SMILES string of the molecule is C=CC(=O)N1CC(S(=O)(=O)CC)C1. The fraction of sp³-hybridized carbons (Fsp3) is 0.625. The summed E-state index contributed by atoms with van der Waals surface area (Å²) < 4.78 is 22.5. The standard InChI is InChI=1S/C8H13NO3S/c1-3-8(10)9-5-7(6-9)13(11,12)4-2/h3,7H,1,4-6H2,2H3. The quantitative estimate of drug-likeness (QED) is 0.598. The molecule has 0 unspecified atom stereocenters. The molecule has 1 heterocycles. The van der Waals surface area contributed by atoms with Crippen LogP contribution in [0.5, 0.6) is 0 Å². The van der Waals surface area contributed by atoms with Crippen molar-refractivity contribution in [1.82, 2.24) is 4.90 Å². The van der Waals surface area contributed by atoms with Crippen molar-refractivity contribution in [2.24, 2.45) is 0 Å². The fourth-order valence-electron chi connectivity index (χ4n) is 1.21. The van der Waals surface area contributed by atoms with Crippen LogP contribution >= 0.6 is 0 Å². The van der Waals surface area contributed by atoms with E-state index in [-0.39, 0.29) is 16.9 Å². The Balaban J connectivity index is 2.51. The summed E-state index contributed by atoms with van der Waals surface area (Å²) in [4.78, 5) is 12.4. The van der Waals surface area contributed by atoms with Gasteiger partial charge in [-0.2, -0.15) is 0 Å². The van der Waals surface area contributed by atoms with Crippen molar-refractivity contribution in [3.63, 3.8) is 0 Å². The molecular formula is C8H13NO3S. The third-order valence-electron chi connectivity index (χ3n) is 2.24. The number of amides is 1. The first-order valence-corrected chi connectivity index (χ1v) is 5.85. The number of hydrogen-bond donors (Lipinski definition) is 0. The van der Waals surface area contributed by atoms with E-state index in [2.05, 4.69) is 6.58 Å². The van der Waals surface area contributed by atoms with Gasteiger partial charge in [0.2, 0.25) is 5.91 Å². The van der Waals surface area contributed by atoms with Gasteiger partial charge in [0.05, 0.1) is 5.25 Å². The van der Waals surface area contributed by atoms with E-state index in [0.29, 0.717) is 13.1 Å². The molecule has 0 aliphatic carbocycles. The first-order chi connectivity index (χ1) is 6.01. The van der Waals surface area contributed by atoms with Gasteiger partial charge < -0.3 is 4.90 Å². The molecule has 0 N–H and O–H groups in total. The smallest absolute Gasteiger partial charge is 0.246 e. The summed E-state index contributed by atoms with van der Waals surface area (Å²) in [6.45, 7) is 5.59. The first-order valence-electron chi connectivity index (χ1n) is 4.14. The Morgan fingerprint density at radius 3 is 2.54 bits per heavy atom. The number of sulfone groups is 1. The summed E-state index contributed by atoms with van der Waals surface area (Å²) in [5.74, 6) is -0.0455. The number of nitrogens with zero attached hydrogens (tertiary/aromatic N) is 1. The van der Waals surface area contributed by atoms with E-state index in [4.69, 9.17) is 0 Å². The van der Waals surface area contributed by atoms with Crippen LogP contribution in [0.15, 0.2) is 12.7 Å². The average Bonchev–Trinajstić information content (AvgIpc) is 2.01. The van der Waals surface area contributed by atoms with Crippen molar-refractivity contribution >= 4 is 15.7 Å². The van der Waals surface area contributed by atoms with Gasteiger partial charge in [0, 0.05) is 18.8 Å². The van der Waals surface area contributed by atoms with E-state index in [1.165, 1.54) is 11.0 Å². The molecule has 0 spiro atoms. The largest absolute Gasteiger partial charge is 0.336 e. The third-order valence-corrected chi connectivity index (χ3v) is 4.36. The van der Waals surface area contributed by atoms with Gasteiger partial charge in [-0.05, 0) is 6.08 Å². The lowest BCUT2D eigenvalue weighted by atomic mass is 10.2. The van der Waals surface area contributed by atoms with Gasteiger partial charge in [0.25, 0.3) is 0 Å². The van der Waals surface area contributed by atoms with Crippen LogP contribution in [-0.4, -0.2) is 43.3 Å². The predicted octanol–water partition coefficient (Wildman–Crippen LogP) is -0.182. The number of hydrogen-bond acceptors (Lipinski definition) is 3. The molecule has 1 rings (SSSR count). The number of likely N-dealkylation sites (tertiary alicyclic amines) is 1. The number of carbonyl (C=O) groups excluding carboxylic acids is 1. The molecular weight excluding hydrogens is 190 g/mol. The Labute approximate surface area is 78.1 Å². The second kappa shape index (κ2) is 3.49. The third kappa shape index (κ3) is 1.91. The molecule has 1 aliphatic heterocycles. The Bertz CT molecular complexity index is 314. The summed E-state index contributed by atoms with van der Waals surface area (Å²) in [6, 6.07) is 0. The molecule has 0 aromatic heterocycles. The highest BCUT2D eigenvalue weighted by atomic mass is 32.2. The lowest BCUT2D eigenvalue weighted by Crippen LogP contribution is -2.56. The van der Waals surface area contributed by atoms with Crippen molar-refractivity contribution < 1.29 is 13.2 Å². The molecule has 0 saturated carbocycles. The molecule has 1 saturated heterocycles. The van der Waals surface area contributed by atoms with E-state index in [1.807, 2.05) is 0 Å². The Hall–Kier alpha value is -0.840. The molecule has 0 atom stereocenters. The lowest BCUT2D eigenvalue weighted by Gasteiger charge is -2.37. The van der Waals surface area contributed by atoms with Crippen LogP contribution in [0.2, 0.25) is 0 Å². The molecule has 1 amide bonds. The molecule has 1 fully saturated rings. The molecule has 5 heteroatoms. The van der Waals surface area contributed by atoms with Crippen molar-refractivity contribution in [2.75, 3.05) is 18.8 Å². The summed E-state index contributed by atoms with van der Waals surface area (Å²) in [6.07, 6.45) is 1.20. The van der Waals surface area contributed by atoms with Crippen molar-refractivity contribution in [1.29, 1.82) is 0 Å². The fourth-order valence-corrected chi connectivity index (χ4v) is 2.50. The monoisotopic (exact) mass is 203 g/mol. The van der Waals surface area contributed by atoms with Gasteiger partial charge in [0.15, 0.2) is 9.84 Å². The second-order valence-electron chi connectivity index (χ2n) is 3.02. The molecule has 0 radical (unpaired) electrons. The van der Waals surface area contributed by atoms with Gasteiger partial charge in [-0.15, -0.1) is 0 Å². The molecule has 0 aromatic carbocycles.